The first-order chi connectivity index (χ1) is 8.00. The number of amides is 1. The normalized spacial score (nSPS) is 12.2. The van der Waals surface area contributed by atoms with Gasteiger partial charge in [-0.15, -0.1) is 0 Å². The molecule has 0 saturated carbocycles. The fourth-order valence-corrected chi connectivity index (χ4v) is 1.48. The van der Waals surface area contributed by atoms with Gasteiger partial charge in [0.1, 0.15) is 0 Å². The fraction of sp³-hybridized carbons (Fsp3) is 0.333. The van der Waals surface area contributed by atoms with Gasteiger partial charge in [0.25, 0.3) is 0 Å². The maximum atomic E-state index is 11.7. The quantitative estimate of drug-likeness (QED) is 0.773. The summed E-state index contributed by atoms with van der Waals surface area (Å²) >= 11 is 4.88. The number of likely N-dealkylation sites (N-methyl/N-ethyl adjacent to an activating group) is 1. The van der Waals surface area contributed by atoms with Crippen LogP contribution in [0.15, 0.2) is 30.3 Å². The number of hydrogen-bond donors (Lipinski definition) is 2. The Bertz CT molecular complexity index is 394. The van der Waals surface area contributed by atoms with Crippen LogP contribution in [0.1, 0.15) is 6.92 Å². The molecule has 5 heteroatoms. The molecule has 0 saturated heterocycles. The molecule has 0 heterocycles. The highest BCUT2D eigenvalue weighted by Crippen LogP contribution is 2.05. The Kier molecular flexibility index (Phi) is 5.06. The monoisotopic (exact) mass is 251 g/mol. The molecule has 0 aliphatic rings. The fourth-order valence-electron chi connectivity index (χ4n) is 1.30. The van der Waals surface area contributed by atoms with Gasteiger partial charge in [-0.3, -0.25) is 9.69 Å². The topological polar surface area (TPSA) is 58.4 Å². The largest absolute Gasteiger partial charge is 0.392 e. The van der Waals surface area contributed by atoms with Crippen molar-refractivity contribution >= 4 is 28.8 Å². The average molecular weight is 251 g/mol. The van der Waals surface area contributed by atoms with E-state index >= 15 is 0 Å². The van der Waals surface area contributed by atoms with Crippen molar-refractivity contribution in [2.45, 2.75) is 13.0 Å². The number of rotatable bonds is 5. The lowest BCUT2D eigenvalue weighted by molar-refractivity contribution is -0.117. The maximum Gasteiger partial charge on any atom is 0.238 e. The summed E-state index contributed by atoms with van der Waals surface area (Å²) in [5, 5.41) is 2.80. The second-order valence-corrected chi connectivity index (χ2v) is 4.38. The Morgan fingerprint density at radius 3 is 2.59 bits per heavy atom. The van der Waals surface area contributed by atoms with Crippen molar-refractivity contribution in [2.75, 3.05) is 18.9 Å². The highest BCUT2D eigenvalue weighted by molar-refractivity contribution is 7.80. The van der Waals surface area contributed by atoms with E-state index in [0.29, 0.717) is 4.99 Å². The van der Waals surface area contributed by atoms with Crippen LogP contribution in [0.3, 0.4) is 0 Å². The summed E-state index contributed by atoms with van der Waals surface area (Å²) in [5.41, 5.74) is 6.31. The van der Waals surface area contributed by atoms with Gasteiger partial charge in [-0.2, -0.15) is 0 Å². The molecule has 0 bridgehead atoms. The molecule has 0 aromatic heterocycles. The number of nitrogens with two attached hydrogens (primary N) is 1. The molecule has 92 valence electrons. The molecule has 0 spiro atoms. The Hall–Kier alpha value is -1.46. The van der Waals surface area contributed by atoms with Gasteiger partial charge in [-0.1, -0.05) is 30.4 Å². The summed E-state index contributed by atoms with van der Waals surface area (Å²) in [6, 6.07) is 9.24. The first-order valence-corrected chi connectivity index (χ1v) is 5.76. The lowest BCUT2D eigenvalue weighted by atomic mass is 10.3. The molecule has 1 aromatic rings. The van der Waals surface area contributed by atoms with E-state index in [4.69, 9.17) is 18.0 Å². The van der Waals surface area contributed by atoms with Gasteiger partial charge in [0.2, 0.25) is 5.91 Å². The number of anilines is 1. The zero-order valence-electron chi connectivity index (χ0n) is 10.0. The minimum Gasteiger partial charge on any atom is -0.392 e. The van der Waals surface area contributed by atoms with Crippen LogP contribution < -0.4 is 11.1 Å². The number of carbonyl (C=O) groups excluding carboxylic acids is 1. The highest BCUT2D eigenvalue weighted by Gasteiger charge is 2.14. The Balaban J connectivity index is 2.48. The molecular weight excluding hydrogens is 234 g/mol. The number of hydrogen-bond acceptors (Lipinski definition) is 3. The van der Waals surface area contributed by atoms with Crippen LogP contribution in [0.25, 0.3) is 0 Å². The number of nitrogens with zero attached hydrogens (tertiary/aromatic N) is 1. The van der Waals surface area contributed by atoms with Crippen molar-refractivity contribution < 1.29 is 4.79 Å². The number of carbonyl (C=O) groups is 1. The summed E-state index contributed by atoms with van der Waals surface area (Å²) in [5.74, 6) is -0.0817. The summed E-state index contributed by atoms with van der Waals surface area (Å²) in [6.45, 7) is 2.13. The van der Waals surface area contributed by atoms with Crippen LogP contribution >= 0.6 is 12.2 Å². The molecular formula is C12H17N3OS. The third kappa shape index (κ3) is 4.50. The summed E-state index contributed by atoms with van der Waals surface area (Å²) in [6.07, 6.45) is 0. The highest BCUT2D eigenvalue weighted by atomic mass is 32.1. The summed E-state index contributed by atoms with van der Waals surface area (Å²) in [7, 11) is 1.81. The van der Waals surface area contributed by atoms with Crippen molar-refractivity contribution in [3.8, 4) is 0 Å². The van der Waals surface area contributed by atoms with Crippen LogP contribution in [0.5, 0.6) is 0 Å². The van der Waals surface area contributed by atoms with Gasteiger partial charge in [-0.25, -0.2) is 0 Å². The first kappa shape index (κ1) is 13.6. The maximum absolute atomic E-state index is 11.7. The zero-order valence-corrected chi connectivity index (χ0v) is 10.8. The first-order valence-electron chi connectivity index (χ1n) is 5.35. The van der Waals surface area contributed by atoms with E-state index in [-0.39, 0.29) is 18.5 Å². The van der Waals surface area contributed by atoms with Crippen LogP contribution in [0.2, 0.25) is 0 Å². The number of nitrogens with one attached hydrogen (secondary N) is 1. The van der Waals surface area contributed by atoms with E-state index in [1.807, 2.05) is 44.3 Å². The Labute approximate surface area is 107 Å². The van der Waals surface area contributed by atoms with Crippen molar-refractivity contribution in [1.82, 2.24) is 4.90 Å². The van der Waals surface area contributed by atoms with Crippen LogP contribution in [0.4, 0.5) is 5.69 Å². The van der Waals surface area contributed by atoms with E-state index in [0.717, 1.165) is 5.69 Å². The third-order valence-corrected chi connectivity index (χ3v) is 2.86. The summed E-state index contributed by atoms with van der Waals surface area (Å²) in [4.78, 5) is 13.9. The molecule has 4 nitrogen and oxygen atoms in total. The van der Waals surface area contributed by atoms with Crippen LogP contribution in [-0.4, -0.2) is 35.4 Å². The van der Waals surface area contributed by atoms with Gasteiger partial charge in [0.05, 0.1) is 17.6 Å². The Morgan fingerprint density at radius 1 is 1.47 bits per heavy atom. The predicted octanol–water partition coefficient (Wildman–Crippen LogP) is 1.23. The van der Waals surface area contributed by atoms with Gasteiger partial charge < -0.3 is 11.1 Å². The van der Waals surface area contributed by atoms with E-state index in [1.54, 1.807) is 4.90 Å². The molecule has 17 heavy (non-hydrogen) atoms. The van der Waals surface area contributed by atoms with E-state index in [9.17, 15) is 4.79 Å². The van der Waals surface area contributed by atoms with Gasteiger partial charge in [0, 0.05) is 5.69 Å². The molecule has 1 atom stereocenters. The molecule has 1 amide bonds. The summed E-state index contributed by atoms with van der Waals surface area (Å²) < 4.78 is 0. The molecule has 1 aromatic carbocycles. The van der Waals surface area contributed by atoms with Crippen LogP contribution in [0, 0.1) is 0 Å². The standard InChI is InChI=1S/C12H17N3OS/c1-9(12(13)17)15(2)8-11(16)14-10-6-4-3-5-7-10/h3-7,9H,8H2,1-2H3,(H2,13,17)(H,14,16). The van der Waals surface area contributed by atoms with Crippen LogP contribution in [-0.2, 0) is 4.79 Å². The molecule has 0 aliphatic carbocycles. The van der Waals surface area contributed by atoms with Gasteiger partial charge in [0.15, 0.2) is 0 Å². The van der Waals surface area contributed by atoms with E-state index < -0.39 is 0 Å². The number of thiocarbonyl (C=S) groups is 1. The number of benzene rings is 1. The molecule has 1 unspecified atom stereocenters. The molecule has 1 rings (SSSR count). The van der Waals surface area contributed by atoms with Gasteiger partial charge >= 0.3 is 0 Å². The smallest absolute Gasteiger partial charge is 0.238 e. The minimum absolute atomic E-state index is 0.0817. The minimum atomic E-state index is -0.0912. The molecule has 3 N–H and O–H groups in total. The second-order valence-electron chi connectivity index (χ2n) is 3.91. The SMILES string of the molecule is CC(C(N)=S)N(C)CC(=O)Nc1ccccc1. The lowest BCUT2D eigenvalue weighted by Gasteiger charge is -2.22. The zero-order chi connectivity index (χ0) is 12.8. The van der Waals surface area contributed by atoms with Crippen molar-refractivity contribution in [1.29, 1.82) is 0 Å². The lowest BCUT2D eigenvalue weighted by Crippen LogP contribution is -2.43. The third-order valence-electron chi connectivity index (χ3n) is 2.52. The molecule has 0 radical (unpaired) electrons. The predicted molar refractivity (Wildman–Crippen MR) is 73.9 cm³/mol. The average Bonchev–Trinajstić information content (AvgIpc) is 2.28. The molecule has 0 fully saturated rings. The van der Waals surface area contributed by atoms with E-state index in [1.165, 1.54) is 0 Å². The number of para-hydroxylation sites is 1. The Morgan fingerprint density at radius 2 is 2.06 bits per heavy atom. The molecule has 0 aliphatic heterocycles. The van der Waals surface area contributed by atoms with Gasteiger partial charge in [-0.05, 0) is 26.1 Å². The van der Waals surface area contributed by atoms with Crippen molar-refractivity contribution in [2.24, 2.45) is 5.73 Å². The van der Waals surface area contributed by atoms with Crippen molar-refractivity contribution in [3.63, 3.8) is 0 Å². The van der Waals surface area contributed by atoms with E-state index in [2.05, 4.69) is 5.32 Å². The van der Waals surface area contributed by atoms with Crippen molar-refractivity contribution in [3.05, 3.63) is 30.3 Å². The second kappa shape index (κ2) is 6.32.